The first kappa shape index (κ1) is 17.0. The number of halogens is 1. The third-order valence-corrected chi connectivity index (χ3v) is 3.94. The molecule has 0 unspecified atom stereocenters. The van der Waals surface area contributed by atoms with Crippen LogP contribution in [0.4, 0.5) is 0 Å². The molecule has 1 aliphatic carbocycles. The highest BCUT2D eigenvalue weighted by atomic mass is 35.5. The molecule has 7 heteroatoms. The number of carbonyl (C=O) groups excluding carboxylic acids is 2. The van der Waals surface area contributed by atoms with Crippen molar-refractivity contribution in [3.63, 3.8) is 0 Å². The molecule has 1 aromatic rings. The molecule has 122 valence electrons. The lowest BCUT2D eigenvalue weighted by Crippen LogP contribution is -2.47. The van der Waals surface area contributed by atoms with E-state index in [2.05, 4.69) is 10.9 Å². The lowest BCUT2D eigenvalue weighted by molar-refractivity contribution is -0.147. The predicted molar refractivity (Wildman–Crippen MR) is 84.4 cm³/mol. The van der Waals surface area contributed by atoms with Gasteiger partial charge in [-0.3, -0.25) is 25.2 Å². The number of benzene rings is 1. The smallest absolute Gasteiger partial charge is 0.307 e. The monoisotopic (exact) mass is 336 g/mol. The number of hydrogen-bond acceptors (Lipinski definition) is 3. The molecule has 1 aromatic carbocycles. The lowest BCUT2D eigenvalue weighted by atomic mass is 9.82. The van der Waals surface area contributed by atoms with Crippen molar-refractivity contribution < 1.29 is 19.5 Å². The predicted octanol–water partition coefficient (Wildman–Crippen LogP) is 1.70. The summed E-state index contributed by atoms with van der Waals surface area (Å²) in [4.78, 5) is 35.0. The van der Waals surface area contributed by atoms with E-state index >= 15 is 0 Å². The van der Waals surface area contributed by atoms with Crippen molar-refractivity contribution in [3.05, 3.63) is 47.0 Å². The number of amides is 2. The molecule has 2 amide bonds. The van der Waals surface area contributed by atoms with Crippen LogP contribution in [0.25, 0.3) is 0 Å². The Hall–Kier alpha value is -2.34. The van der Waals surface area contributed by atoms with Gasteiger partial charge < -0.3 is 5.11 Å². The number of carbonyl (C=O) groups is 3. The van der Waals surface area contributed by atoms with Crippen LogP contribution in [0.5, 0.6) is 0 Å². The Labute approximate surface area is 138 Å². The fraction of sp³-hybridized carbons (Fsp3) is 0.312. The van der Waals surface area contributed by atoms with Crippen LogP contribution >= 0.6 is 11.6 Å². The molecule has 3 N–H and O–H groups in total. The first-order chi connectivity index (χ1) is 11.0. The van der Waals surface area contributed by atoms with E-state index in [-0.39, 0.29) is 12.3 Å². The van der Waals surface area contributed by atoms with E-state index in [1.807, 2.05) is 0 Å². The molecule has 0 heterocycles. The molecule has 0 aromatic heterocycles. The number of hydrogen-bond donors (Lipinski definition) is 3. The number of carboxylic acids is 1. The molecule has 0 aliphatic heterocycles. The number of allylic oxidation sites excluding steroid dienone is 2. The number of hydrazine groups is 1. The van der Waals surface area contributed by atoms with Crippen LogP contribution in [0.3, 0.4) is 0 Å². The van der Waals surface area contributed by atoms with E-state index in [1.54, 1.807) is 36.4 Å². The molecule has 2 rings (SSSR count). The van der Waals surface area contributed by atoms with Crippen molar-refractivity contribution in [1.29, 1.82) is 0 Å². The van der Waals surface area contributed by atoms with Crippen LogP contribution in [-0.2, 0) is 20.8 Å². The summed E-state index contributed by atoms with van der Waals surface area (Å²) in [6.45, 7) is 0. The van der Waals surface area contributed by atoms with Crippen LogP contribution < -0.4 is 10.9 Å². The second-order valence-corrected chi connectivity index (χ2v) is 5.77. The Balaban J connectivity index is 1.85. The zero-order valence-electron chi connectivity index (χ0n) is 12.3. The van der Waals surface area contributed by atoms with Gasteiger partial charge in [-0.25, -0.2) is 0 Å². The fourth-order valence-electron chi connectivity index (χ4n) is 2.43. The van der Waals surface area contributed by atoms with Gasteiger partial charge in [-0.05, 0) is 30.5 Å². The van der Waals surface area contributed by atoms with Gasteiger partial charge in [0, 0.05) is 5.02 Å². The first-order valence-electron chi connectivity index (χ1n) is 7.18. The molecule has 0 radical (unpaired) electrons. The minimum Gasteiger partial charge on any atom is -0.481 e. The summed E-state index contributed by atoms with van der Waals surface area (Å²) in [5.74, 6) is -3.35. The van der Waals surface area contributed by atoms with Gasteiger partial charge in [0.2, 0.25) is 11.8 Å². The lowest BCUT2D eigenvalue weighted by Gasteiger charge is -2.24. The Morgan fingerprint density at radius 1 is 1.04 bits per heavy atom. The largest absolute Gasteiger partial charge is 0.481 e. The van der Waals surface area contributed by atoms with Gasteiger partial charge in [0.05, 0.1) is 18.3 Å². The number of aliphatic carboxylic acids is 1. The summed E-state index contributed by atoms with van der Waals surface area (Å²) in [5, 5.41) is 9.72. The van der Waals surface area contributed by atoms with Gasteiger partial charge in [0.25, 0.3) is 0 Å². The second-order valence-electron chi connectivity index (χ2n) is 5.33. The summed E-state index contributed by atoms with van der Waals surface area (Å²) < 4.78 is 0. The average molecular weight is 337 g/mol. The summed E-state index contributed by atoms with van der Waals surface area (Å²) in [5.41, 5.74) is 5.38. The maximum Gasteiger partial charge on any atom is 0.307 e. The average Bonchev–Trinajstić information content (AvgIpc) is 2.54. The summed E-state index contributed by atoms with van der Waals surface area (Å²) in [6, 6.07) is 6.79. The van der Waals surface area contributed by atoms with Gasteiger partial charge in [-0.15, -0.1) is 0 Å². The van der Waals surface area contributed by atoms with Gasteiger partial charge in [-0.1, -0.05) is 35.9 Å². The molecule has 6 nitrogen and oxygen atoms in total. The molecule has 0 saturated carbocycles. The normalized spacial score (nSPS) is 19.9. The number of rotatable bonds is 4. The Kier molecular flexibility index (Phi) is 5.76. The molecule has 0 spiro atoms. The molecular formula is C16H17ClN2O4. The van der Waals surface area contributed by atoms with E-state index in [9.17, 15) is 14.4 Å². The first-order valence-corrected chi connectivity index (χ1v) is 7.56. The van der Waals surface area contributed by atoms with Gasteiger partial charge >= 0.3 is 5.97 Å². The van der Waals surface area contributed by atoms with E-state index in [0.717, 1.165) is 5.56 Å². The molecule has 0 bridgehead atoms. The fourth-order valence-corrected chi connectivity index (χ4v) is 2.56. The zero-order valence-corrected chi connectivity index (χ0v) is 13.0. The van der Waals surface area contributed by atoms with Crippen molar-refractivity contribution in [1.82, 2.24) is 10.9 Å². The van der Waals surface area contributed by atoms with Crippen LogP contribution in [0.1, 0.15) is 18.4 Å². The highest BCUT2D eigenvalue weighted by Gasteiger charge is 2.34. The Bertz CT molecular complexity index is 627. The standard InChI is InChI=1S/C16H17ClN2O4/c17-11-7-5-10(6-8-11)9-14(20)18-19-15(21)12-3-1-2-4-13(12)16(22)23/h1-2,5-8,12-13H,3-4,9H2,(H,18,20)(H,19,21)(H,22,23)/t12-,13+/m0/s1. The Morgan fingerprint density at radius 2 is 1.65 bits per heavy atom. The van der Waals surface area contributed by atoms with Gasteiger partial charge in [0.15, 0.2) is 0 Å². The minimum absolute atomic E-state index is 0.0877. The maximum absolute atomic E-state index is 12.1. The van der Waals surface area contributed by atoms with E-state index in [4.69, 9.17) is 16.7 Å². The molecule has 0 saturated heterocycles. The van der Waals surface area contributed by atoms with E-state index in [1.165, 1.54) is 0 Å². The number of nitrogens with one attached hydrogen (secondary N) is 2. The SMILES string of the molecule is O=C(Cc1ccc(Cl)cc1)NNC(=O)[C@H]1CC=CC[C@H]1C(=O)O. The van der Waals surface area contributed by atoms with Crippen LogP contribution in [0, 0.1) is 11.8 Å². The summed E-state index contributed by atoms with van der Waals surface area (Å²) >= 11 is 5.77. The van der Waals surface area contributed by atoms with Crippen molar-refractivity contribution in [3.8, 4) is 0 Å². The summed E-state index contributed by atoms with van der Waals surface area (Å²) in [6.07, 6.45) is 4.27. The minimum atomic E-state index is -1.01. The summed E-state index contributed by atoms with van der Waals surface area (Å²) in [7, 11) is 0. The van der Waals surface area contributed by atoms with Crippen LogP contribution in [0.2, 0.25) is 5.02 Å². The van der Waals surface area contributed by atoms with E-state index in [0.29, 0.717) is 17.9 Å². The third kappa shape index (κ3) is 4.82. The molecule has 1 aliphatic rings. The molecular weight excluding hydrogens is 320 g/mol. The maximum atomic E-state index is 12.1. The zero-order chi connectivity index (χ0) is 16.8. The molecule has 0 fully saturated rings. The van der Waals surface area contributed by atoms with Crippen LogP contribution in [0.15, 0.2) is 36.4 Å². The quantitative estimate of drug-likeness (QED) is 0.576. The molecule has 2 atom stereocenters. The third-order valence-electron chi connectivity index (χ3n) is 3.69. The van der Waals surface area contributed by atoms with Crippen molar-refractivity contribution in [2.75, 3.05) is 0 Å². The van der Waals surface area contributed by atoms with Gasteiger partial charge in [-0.2, -0.15) is 0 Å². The van der Waals surface area contributed by atoms with E-state index < -0.39 is 23.7 Å². The van der Waals surface area contributed by atoms with Crippen LogP contribution in [-0.4, -0.2) is 22.9 Å². The van der Waals surface area contributed by atoms with Gasteiger partial charge in [0.1, 0.15) is 0 Å². The highest BCUT2D eigenvalue weighted by molar-refractivity contribution is 6.30. The van der Waals surface area contributed by atoms with Crippen molar-refractivity contribution >= 4 is 29.4 Å². The molecule has 23 heavy (non-hydrogen) atoms. The Morgan fingerprint density at radius 3 is 2.26 bits per heavy atom. The number of carboxylic acid groups (broad SMARTS) is 1. The highest BCUT2D eigenvalue weighted by Crippen LogP contribution is 2.25. The second kappa shape index (κ2) is 7.78. The van der Waals surface area contributed by atoms with Crippen molar-refractivity contribution in [2.45, 2.75) is 19.3 Å². The van der Waals surface area contributed by atoms with Crippen molar-refractivity contribution in [2.24, 2.45) is 11.8 Å². The topological polar surface area (TPSA) is 95.5 Å².